The van der Waals surface area contributed by atoms with Crippen LogP contribution in [0.1, 0.15) is 12.6 Å². The van der Waals surface area contributed by atoms with Crippen LogP contribution in [0, 0.1) is 11.3 Å². The molecule has 0 aliphatic carbocycles. The van der Waals surface area contributed by atoms with Crippen molar-refractivity contribution in [2.75, 3.05) is 19.0 Å². The molecule has 3 heterocycles. The van der Waals surface area contributed by atoms with Crippen LogP contribution >= 0.6 is 0 Å². The lowest BCUT2D eigenvalue weighted by Gasteiger charge is -2.13. The zero-order chi connectivity index (χ0) is 16.2. The van der Waals surface area contributed by atoms with Gasteiger partial charge in [0, 0.05) is 25.5 Å². The van der Waals surface area contributed by atoms with Crippen molar-refractivity contribution < 1.29 is 4.74 Å². The van der Waals surface area contributed by atoms with E-state index in [1.165, 1.54) is 0 Å². The van der Waals surface area contributed by atoms with E-state index in [1.54, 1.807) is 30.1 Å². The topological polar surface area (TPSA) is 88.1 Å². The number of pyridine rings is 1. The van der Waals surface area contributed by atoms with E-state index < -0.39 is 0 Å². The summed E-state index contributed by atoms with van der Waals surface area (Å²) in [5.41, 5.74) is 1.74. The highest BCUT2D eigenvalue weighted by atomic mass is 16.5. The van der Waals surface area contributed by atoms with Gasteiger partial charge in [0.15, 0.2) is 11.5 Å². The van der Waals surface area contributed by atoms with Crippen molar-refractivity contribution in [3.8, 4) is 17.5 Å². The smallest absolute Gasteiger partial charge is 0.174 e. The lowest BCUT2D eigenvalue weighted by atomic mass is 10.2. The van der Waals surface area contributed by atoms with E-state index in [4.69, 9.17) is 4.74 Å². The zero-order valence-electron chi connectivity index (χ0n) is 12.9. The van der Waals surface area contributed by atoms with Crippen LogP contribution in [0.15, 0.2) is 36.7 Å². The third-order valence-corrected chi connectivity index (χ3v) is 3.34. The number of nitriles is 1. The van der Waals surface area contributed by atoms with Crippen molar-refractivity contribution in [3.63, 3.8) is 0 Å². The van der Waals surface area contributed by atoms with Gasteiger partial charge in [0.1, 0.15) is 11.9 Å². The molecule has 0 bridgehead atoms. The Balaban J connectivity index is 2.04. The Bertz CT molecular complexity index is 866. The van der Waals surface area contributed by atoms with Crippen molar-refractivity contribution in [1.29, 1.82) is 5.26 Å². The first-order chi connectivity index (χ1) is 11.2. The van der Waals surface area contributed by atoms with Gasteiger partial charge in [0.25, 0.3) is 0 Å². The number of aromatic nitrogens is 4. The number of anilines is 1. The molecule has 3 aromatic rings. The number of methoxy groups -OCH3 is 1. The number of hydrogen-bond acceptors (Lipinski definition) is 6. The molecule has 23 heavy (non-hydrogen) atoms. The summed E-state index contributed by atoms with van der Waals surface area (Å²) < 4.78 is 6.77. The molecule has 0 aromatic carbocycles. The van der Waals surface area contributed by atoms with Gasteiger partial charge in [-0.3, -0.25) is 0 Å². The lowest BCUT2D eigenvalue weighted by Crippen LogP contribution is -2.21. The maximum absolute atomic E-state index is 9.35. The van der Waals surface area contributed by atoms with Crippen LogP contribution in [0.2, 0.25) is 0 Å². The van der Waals surface area contributed by atoms with Gasteiger partial charge in [-0.05, 0) is 25.1 Å². The van der Waals surface area contributed by atoms with Crippen LogP contribution in [-0.4, -0.2) is 39.3 Å². The van der Waals surface area contributed by atoms with Gasteiger partial charge in [-0.1, -0.05) is 6.07 Å². The van der Waals surface area contributed by atoms with Gasteiger partial charge >= 0.3 is 0 Å². The number of nitrogens with one attached hydrogen (secondary N) is 1. The Hall–Kier alpha value is -2.98. The second-order valence-corrected chi connectivity index (χ2v) is 5.13. The highest BCUT2D eigenvalue weighted by Gasteiger charge is 2.17. The number of rotatable bonds is 5. The fourth-order valence-electron chi connectivity index (χ4n) is 2.40. The lowest BCUT2D eigenvalue weighted by molar-refractivity contribution is 0.190. The molecule has 0 amide bonds. The Kier molecular flexibility index (Phi) is 4.17. The Morgan fingerprint density at radius 2 is 2.26 bits per heavy atom. The summed E-state index contributed by atoms with van der Waals surface area (Å²) in [6.45, 7) is 2.57. The molecule has 116 valence electrons. The summed E-state index contributed by atoms with van der Waals surface area (Å²) in [7, 11) is 1.65. The Morgan fingerprint density at radius 1 is 1.39 bits per heavy atom. The van der Waals surface area contributed by atoms with E-state index in [1.807, 2.05) is 25.1 Å². The van der Waals surface area contributed by atoms with Gasteiger partial charge in [-0.25, -0.2) is 14.5 Å². The van der Waals surface area contributed by atoms with E-state index in [-0.39, 0.29) is 6.04 Å². The van der Waals surface area contributed by atoms with E-state index in [0.29, 0.717) is 29.5 Å². The third kappa shape index (κ3) is 2.98. The zero-order valence-corrected chi connectivity index (χ0v) is 12.9. The summed E-state index contributed by atoms with van der Waals surface area (Å²) in [6, 6.07) is 9.65. The van der Waals surface area contributed by atoms with E-state index in [2.05, 4.69) is 26.5 Å². The molecule has 1 atom stereocenters. The Labute approximate surface area is 133 Å². The second-order valence-electron chi connectivity index (χ2n) is 5.13. The quantitative estimate of drug-likeness (QED) is 0.776. The van der Waals surface area contributed by atoms with Gasteiger partial charge < -0.3 is 10.1 Å². The molecule has 3 rings (SSSR count). The number of hydrogen-bond donors (Lipinski definition) is 1. The van der Waals surface area contributed by atoms with Crippen LogP contribution < -0.4 is 5.32 Å². The van der Waals surface area contributed by atoms with Crippen molar-refractivity contribution in [3.05, 3.63) is 42.4 Å². The summed E-state index contributed by atoms with van der Waals surface area (Å²) >= 11 is 0. The predicted molar refractivity (Wildman–Crippen MR) is 85.9 cm³/mol. The summed E-state index contributed by atoms with van der Waals surface area (Å²) in [5, 5.41) is 16.9. The normalized spacial score (nSPS) is 12.0. The fourth-order valence-corrected chi connectivity index (χ4v) is 2.40. The van der Waals surface area contributed by atoms with Crippen molar-refractivity contribution in [2.45, 2.75) is 13.0 Å². The second kappa shape index (κ2) is 6.42. The third-order valence-electron chi connectivity index (χ3n) is 3.34. The van der Waals surface area contributed by atoms with Gasteiger partial charge in [0.2, 0.25) is 0 Å². The SMILES string of the molecule is COC[C@H](C)Nc1ccnc(-c2c(C#N)nn3ccccc23)n1. The number of nitrogens with zero attached hydrogens (tertiary/aromatic N) is 5. The minimum absolute atomic E-state index is 0.113. The highest BCUT2D eigenvalue weighted by molar-refractivity contribution is 5.81. The van der Waals surface area contributed by atoms with Crippen LogP contribution in [0.3, 0.4) is 0 Å². The molecule has 3 aromatic heterocycles. The summed E-state index contributed by atoms with van der Waals surface area (Å²) in [4.78, 5) is 8.82. The molecule has 0 radical (unpaired) electrons. The van der Waals surface area contributed by atoms with Gasteiger partial charge in [0.05, 0.1) is 17.7 Å². The maximum Gasteiger partial charge on any atom is 0.174 e. The molecule has 0 unspecified atom stereocenters. The monoisotopic (exact) mass is 308 g/mol. The van der Waals surface area contributed by atoms with Crippen LogP contribution in [0.25, 0.3) is 16.9 Å². The largest absolute Gasteiger partial charge is 0.383 e. The van der Waals surface area contributed by atoms with E-state index >= 15 is 0 Å². The van der Waals surface area contributed by atoms with Gasteiger partial charge in [-0.15, -0.1) is 0 Å². The molecule has 0 saturated carbocycles. The number of fused-ring (bicyclic) bond motifs is 1. The molecule has 7 nitrogen and oxygen atoms in total. The molecule has 0 spiro atoms. The molecule has 7 heteroatoms. The molecule has 0 saturated heterocycles. The van der Waals surface area contributed by atoms with E-state index in [9.17, 15) is 5.26 Å². The van der Waals surface area contributed by atoms with Crippen LogP contribution in [0.5, 0.6) is 0 Å². The first-order valence-electron chi connectivity index (χ1n) is 7.19. The minimum Gasteiger partial charge on any atom is -0.383 e. The average molecular weight is 308 g/mol. The minimum atomic E-state index is 0.113. The average Bonchev–Trinajstić information content (AvgIpc) is 2.94. The van der Waals surface area contributed by atoms with Crippen molar-refractivity contribution in [2.24, 2.45) is 0 Å². The molecule has 0 aliphatic rings. The van der Waals surface area contributed by atoms with E-state index in [0.717, 1.165) is 5.52 Å². The molecular formula is C16H16N6O. The highest BCUT2D eigenvalue weighted by Crippen LogP contribution is 2.25. The Morgan fingerprint density at radius 3 is 3.04 bits per heavy atom. The molecule has 1 N–H and O–H groups in total. The van der Waals surface area contributed by atoms with Crippen LogP contribution in [0.4, 0.5) is 5.82 Å². The molecular weight excluding hydrogens is 292 g/mol. The maximum atomic E-state index is 9.35. The predicted octanol–water partition coefficient (Wildman–Crippen LogP) is 2.11. The first-order valence-corrected chi connectivity index (χ1v) is 7.19. The standard InChI is InChI=1S/C16H16N6O/c1-11(10-23-2)19-14-6-7-18-16(20-14)15-12(9-17)21-22-8-4-3-5-13(15)22/h3-8,11H,10H2,1-2H3,(H,18,19,20)/t11-/m0/s1. The van der Waals surface area contributed by atoms with Crippen molar-refractivity contribution in [1.82, 2.24) is 19.6 Å². The molecule has 0 aliphatic heterocycles. The van der Waals surface area contributed by atoms with Crippen LogP contribution in [-0.2, 0) is 4.74 Å². The number of ether oxygens (including phenoxy) is 1. The van der Waals surface area contributed by atoms with Gasteiger partial charge in [-0.2, -0.15) is 10.4 Å². The molecule has 0 fully saturated rings. The summed E-state index contributed by atoms with van der Waals surface area (Å²) in [5.74, 6) is 1.15. The summed E-state index contributed by atoms with van der Waals surface area (Å²) in [6.07, 6.45) is 3.46. The first kappa shape index (κ1) is 14.9. The fraction of sp³-hybridized carbons (Fsp3) is 0.250. The van der Waals surface area contributed by atoms with Crippen molar-refractivity contribution >= 4 is 11.3 Å².